The highest BCUT2D eigenvalue weighted by Crippen LogP contribution is 2.37. The molecule has 1 heterocycles. The minimum atomic E-state index is -0.483. The van der Waals surface area contributed by atoms with Crippen molar-refractivity contribution in [1.29, 1.82) is 0 Å². The summed E-state index contributed by atoms with van der Waals surface area (Å²) in [6.07, 6.45) is -0.235. The first-order valence-electron chi connectivity index (χ1n) is 11.2. The molecule has 1 aliphatic rings. The first kappa shape index (κ1) is 23.9. The van der Waals surface area contributed by atoms with E-state index in [0.29, 0.717) is 13.1 Å². The molecule has 174 valence electrons. The predicted octanol–water partition coefficient (Wildman–Crippen LogP) is 5.10. The van der Waals surface area contributed by atoms with Crippen LogP contribution in [0.2, 0.25) is 0 Å². The van der Waals surface area contributed by atoms with Crippen LogP contribution >= 0.6 is 0 Å². The van der Waals surface area contributed by atoms with Gasteiger partial charge in [0.25, 0.3) is 0 Å². The third kappa shape index (κ3) is 5.94. The number of rotatable bonds is 6. The molecule has 32 heavy (non-hydrogen) atoms. The molecule has 0 N–H and O–H groups in total. The van der Waals surface area contributed by atoms with Gasteiger partial charge in [-0.2, -0.15) is 0 Å². The summed E-state index contributed by atoms with van der Waals surface area (Å²) in [6, 6.07) is 16.8. The SMILES string of the molecule is COc1ccc(C(C)C(c2ccc(OC)cc2)N2CCN(C(=O)OC(C)(C)C)CC2)cc1. The molecule has 1 fully saturated rings. The summed E-state index contributed by atoms with van der Waals surface area (Å²) in [5.41, 5.74) is 2.00. The summed E-state index contributed by atoms with van der Waals surface area (Å²) in [7, 11) is 3.37. The van der Waals surface area contributed by atoms with Gasteiger partial charge in [-0.25, -0.2) is 4.79 Å². The number of benzene rings is 2. The molecule has 0 aliphatic carbocycles. The molecule has 2 unspecified atom stereocenters. The third-order valence-electron chi connectivity index (χ3n) is 5.93. The van der Waals surface area contributed by atoms with Gasteiger partial charge in [0.15, 0.2) is 0 Å². The molecule has 6 nitrogen and oxygen atoms in total. The van der Waals surface area contributed by atoms with E-state index in [9.17, 15) is 4.79 Å². The number of ether oxygens (including phenoxy) is 3. The number of carbonyl (C=O) groups excluding carboxylic acids is 1. The Hall–Kier alpha value is -2.73. The summed E-state index contributed by atoms with van der Waals surface area (Å²) in [5, 5.41) is 0. The zero-order valence-electron chi connectivity index (χ0n) is 20.1. The fourth-order valence-corrected chi connectivity index (χ4v) is 4.22. The molecule has 2 aromatic carbocycles. The van der Waals surface area contributed by atoms with Crippen molar-refractivity contribution in [3.63, 3.8) is 0 Å². The third-order valence-corrected chi connectivity index (χ3v) is 5.93. The highest BCUT2D eigenvalue weighted by atomic mass is 16.6. The van der Waals surface area contributed by atoms with Crippen molar-refractivity contribution in [2.24, 2.45) is 0 Å². The van der Waals surface area contributed by atoms with Gasteiger partial charge in [-0.1, -0.05) is 31.2 Å². The number of methoxy groups -OCH3 is 2. The fourth-order valence-electron chi connectivity index (χ4n) is 4.22. The molecule has 1 aliphatic heterocycles. The van der Waals surface area contributed by atoms with E-state index >= 15 is 0 Å². The molecule has 0 spiro atoms. The molecule has 2 atom stereocenters. The Balaban J connectivity index is 1.80. The van der Waals surface area contributed by atoms with Crippen LogP contribution in [0.1, 0.15) is 50.8 Å². The summed E-state index contributed by atoms with van der Waals surface area (Å²) in [5.74, 6) is 1.95. The smallest absolute Gasteiger partial charge is 0.410 e. The Morgan fingerprint density at radius 2 is 1.28 bits per heavy atom. The van der Waals surface area contributed by atoms with Crippen LogP contribution in [0.15, 0.2) is 48.5 Å². The lowest BCUT2D eigenvalue weighted by atomic mass is 9.87. The van der Waals surface area contributed by atoms with Gasteiger partial charge >= 0.3 is 6.09 Å². The molecule has 3 rings (SSSR count). The quantitative estimate of drug-likeness (QED) is 0.625. The van der Waals surface area contributed by atoms with E-state index in [-0.39, 0.29) is 18.1 Å². The lowest BCUT2D eigenvalue weighted by Crippen LogP contribution is -2.51. The van der Waals surface area contributed by atoms with Gasteiger partial charge in [0.05, 0.1) is 14.2 Å². The van der Waals surface area contributed by atoms with E-state index < -0.39 is 5.60 Å². The number of carbonyl (C=O) groups is 1. The van der Waals surface area contributed by atoms with Crippen LogP contribution in [-0.2, 0) is 4.74 Å². The second-order valence-electron chi connectivity index (χ2n) is 9.28. The van der Waals surface area contributed by atoms with Crippen LogP contribution in [0.4, 0.5) is 4.79 Å². The van der Waals surface area contributed by atoms with Gasteiger partial charge in [-0.05, 0) is 56.2 Å². The highest BCUT2D eigenvalue weighted by Gasteiger charge is 2.32. The molecular weight excluding hydrogens is 404 g/mol. The van der Waals surface area contributed by atoms with E-state index in [4.69, 9.17) is 14.2 Å². The van der Waals surface area contributed by atoms with Crippen LogP contribution in [0.5, 0.6) is 11.5 Å². The molecule has 1 amide bonds. The molecule has 2 aromatic rings. The van der Waals surface area contributed by atoms with Crippen LogP contribution < -0.4 is 9.47 Å². The topological polar surface area (TPSA) is 51.2 Å². The van der Waals surface area contributed by atoms with Crippen molar-refractivity contribution < 1.29 is 19.0 Å². The minimum absolute atomic E-state index is 0.176. The standard InChI is InChI=1S/C26H36N2O4/c1-19(20-7-11-22(30-5)12-8-20)24(21-9-13-23(31-6)14-10-21)27-15-17-28(18-16-27)25(29)32-26(2,3)4/h7-14,19,24H,15-18H2,1-6H3. The maximum atomic E-state index is 12.5. The first-order chi connectivity index (χ1) is 15.2. The Labute approximate surface area is 192 Å². The number of hydrogen-bond acceptors (Lipinski definition) is 5. The van der Waals surface area contributed by atoms with E-state index in [1.165, 1.54) is 11.1 Å². The van der Waals surface area contributed by atoms with E-state index in [1.54, 1.807) is 14.2 Å². The summed E-state index contributed by atoms with van der Waals surface area (Å²) in [6.45, 7) is 10.8. The highest BCUT2D eigenvalue weighted by molar-refractivity contribution is 5.68. The second-order valence-corrected chi connectivity index (χ2v) is 9.28. The van der Waals surface area contributed by atoms with Crippen molar-refractivity contribution in [2.45, 2.75) is 45.3 Å². The zero-order valence-corrected chi connectivity index (χ0v) is 20.1. The van der Waals surface area contributed by atoms with Gasteiger partial charge in [-0.3, -0.25) is 4.90 Å². The number of hydrogen-bond donors (Lipinski definition) is 0. The van der Waals surface area contributed by atoms with Crippen molar-refractivity contribution >= 4 is 6.09 Å². The van der Waals surface area contributed by atoms with Gasteiger partial charge in [0.2, 0.25) is 0 Å². The van der Waals surface area contributed by atoms with Crippen molar-refractivity contribution in [1.82, 2.24) is 9.80 Å². The zero-order chi connectivity index (χ0) is 23.3. The number of piperazine rings is 1. The Morgan fingerprint density at radius 3 is 1.72 bits per heavy atom. The van der Waals surface area contributed by atoms with Gasteiger partial charge in [-0.15, -0.1) is 0 Å². The maximum Gasteiger partial charge on any atom is 0.410 e. The molecule has 6 heteroatoms. The van der Waals surface area contributed by atoms with Crippen LogP contribution in [-0.4, -0.2) is 61.9 Å². The number of amides is 1. The molecular formula is C26H36N2O4. The van der Waals surface area contributed by atoms with Crippen molar-refractivity contribution in [2.75, 3.05) is 40.4 Å². The van der Waals surface area contributed by atoms with E-state index in [1.807, 2.05) is 49.9 Å². The van der Waals surface area contributed by atoms with Gasteiger partial charge in [0.1, 0.15) is 17.1 Å². The summed E-state index contributed by atoms with van der Waals surface area (Å²) < 4.78 is 16.3. The molecule has 0 bridgehead atoms. The number of nitrogens with zero attached hydrogens (tertiary/aromatic N) is 2. The second kappa shape index (κ2) is 10.3. The van der Waals surface area contributed by atoms with Crippen molar-refractivity contribution in [3.8, 4) is 11.5 Å². The lowest BCUT2D eigenvalue weighted by Gasteiger charge is -2.42. The monoisotopic (exact) mass is 440 g/mol. The lowest BCUT2D eigenvalue weighted by molar-refractivity contribution is 0.00894. The summed E-state index contributed by atoms with van der Waals surface area (Å²) >= 11 is 0. The average molecular weight is 441 g/mol. The van der Waals surface area contributed by atoms with E-state index in [0.717, 1.165) is 24.6 Å². The minimum Gasteiger partial charge on any atom is -0.497 e. The van der Waals surface area contributed by atoms with E-state index in [2.05, 4.69) is 36.1 Å². The van der Waals surface area contributed by atoms with Crippen LogP contribution in [0.3, 0.4) is 0 Å². The summed E-state index contributed by atoms with van der Waals surface area (Å²) in [4.78, 5) is 16.8. The maximum absolute atomic E-state index is 12.5. The Bertz CT molecular complexity index is 866. The van der Waals surface area contributed by atoms with Crippen molar-refractivity contribution in [3.05, 3.63) is 59.7 Å². The van der Waals surface area contributed by atoms with Crippen LogP contribution in [0, 0.1) is 0 Å². The average Bonchev–Trinajstić information content (AvgIpc) is 2.79. The Kier molecular flexibility index (Phi) is 7.67. The largest absolute Gasteiger partial charge is 0.497 e. The van der Waals surface area contributed by atoms with Gasteiger partial charge < -0.3 is 19.1 Å². The fraction of sp³-hybridized carbons (Fsp3) is 0.500. The molecule has 0 saturated carbocycles. The molecule has 0 aromatic heterocycles. The normalized spacial score (nSPS) is 16.9. The molecule has 1 saturated heterocycles. The predicted molar refractivity (Wildman–Crippen MR) is 127 cm³/mol. The Morgan fingerprint density at radius 1 is 0.812 bits per heavy atom. The van der Waals surface area contributed by atoms with Crippen LogP contribution in [0.25, 0.3) is 0 Å². The molecule has 0 radical (unpaired) electrons. The van der Waals surface area contributed by atoms with Gasteiger partial charge in [0, 0.05) is 38.1 Å². The first-order valence-corrected chi connectivity index (χ1v) is 11.2.